The van der Waals surface area contributed by atoms with Crippen molar-refractivity contribution in [3.05, 3.63) is 95.0 Å². The van der Waals surface area contributed by atoms with Crippen LogP contribution in [0.3, 0.4) is 0 Å². The van der Waals surface area contributed by atoms with Gasteiger partial charge in [-0.25, -0.2) is 9.41 Å². The van der Waals surface area contributed by atoms with Crippen molar-refractivity contribution in [1.82, 2.24) is 0 Å². The molecule has 0 radical (unpaired) electrons. The van der Waals surface area contributed by atoms with E-state index < -0.39 is 0 Å². The number of rotatable bonds is 2. The van der Waals surface area contributed by atoms with Crippen molar-refractivity contribution in [1.29, 1.82) is 0 Å². The lowest BCUT2D eigenvalue weighted by Crippen LogP contribution is -2.30. The summed E-state index contributed by atoms with van der Waals surface area (Å²) in [4.78, 5) is 3.57. The number of hydrogen-bond acceptors (Lipinski definition) is 0. The zero-order valence-corrected chi connectivity index (χ0v) is 16.7. The fourth-order valence-electron chi connectivity index (χ4n) is 4.12. The Morgan fingerprint density at radius 2 is 1.57 bits per heavy atom. The number of hydrogen-bond donors (Lipinski definition) is 0. The van der Waals surface area contributed by atoms with E-state index in [9.17, 15) is 0 Å². The second-order valence-electron chi connectivity index (χ2n) is 7.46. The van der Waals surface area contributed by atoms with Crippen molar-refractivity contribution in [2.45, 2.75) is 20.8 Å². The molecule has 0 aliphatic carbocycles. The van der Waals surface area contributed by atoms with E-state index >= 15 is 0 Å². The summed E-state index contributed by atoms with van der Waals surface area (Å²) in [5.41, 5.74) is 9.51. The fourth-order valence-corrected chi connectivity index (χ4v) is 4.12. The minimum atomic E-state index is 0.675. The monoisotopic (exact) mass is 363 g/mol. The van der Waals surface area contributed by atoms with Crippen LogP contribution in [0.4, 0.5) is 5.69 Å². The number of pyridine rings is 1. The SMILES string of the molecule is [C-]#[N+]c1ccc2c(-c3ccc(-c4c(C)cccc4C)cc3C)[n+](C)ccc2c1. The normalized spacial score (nSPS) is 10.8. The summed E-state index contributed by atoms with van der Waals surface area (Å²) >= 11 is 0. The van der Waals surface area contributed by atoms with E-state index in [1.807, 2.05) is 12.1 Å². The maximum Gasteiger partial charge on any atom is 0.220 e. The second kappa shape index (κ2) is 6.94. The Morgan fingerprint density at radius 3 is 2.25 bits per heavy atom. The summed E-state index contributed by atoms with van der Waals surface area (Å²) in [6, 6.07) is 21.2. The largest absolute Gasteiger partial charge is 0.238 e. The molecule has 4 aromatic rings. The van der Waals surface area contributed by atoms with Crippen LogP contribution in [0.2, 0.25) is 0 Å². The highest BCUT2D eigenvalue weighted by molar-refractivity contribution is 5.95. The predicted octanol–water partition coefficient (Wildman–Crippen LogP) is 6.47. The first-order chi connectivity index (χ1) is 13.5. The van der Waals surface area contributed by atoms with Crippen LogP contribution < -0.4 is 4.57 Å². The van der Waals surface area contributed by atoms with Crippen LogP contribution in [-0.4, -0.2) is 0 Å². The van der Waals surface area contributed by atoms with E-state index in [0.717, 1.165) is 5.39 Å². The lowest BCUT2D eigenvalue weighted by atomic mass is 9.91. The first-order valence-electron chi connectivity index (χ1n) is 9.47. The predicted molar refractivity (Wildman–Crippen MR) is 116 cm³/mol. The number of nitrogens with zero attached hydrogens (tertiary/aromatic N) is 2. The average molecular weight is 363 g/mol. The van der Waals surface area contributed by atoms with Crippen molar-refractivity contribution < 1.29 is 4.57 Å². The van der Waals surface area contributed by atoms with Crippen molar-refractivity contribution in [3.63, 3.8) is 0 Å². The molecule has 0 spiro atoms. The molecule has 0 fully saturated rings. The summed E-state index contributed by atoms with van der Waals surface area (Å²) in [6.07, 6.45) is 2.07. The molecule has 1 heterocycles. The fraction of sp³-hybridized carbons (Fsp3) is 0.154. The molecule has 2 heteroatoms. The Hall–Kier alpha value is -3.44. The Bertz CT molecular complexity index is 1240. The topological polar surface area (TPSA) is 8.24 Å². The molecule has 2 nitrogen and oxygen atoms in total. The van der Waals surface area contributed by atoms with Gasteiger partial charge in [0.05, 0.1) is 12.0 Å². The van der Waals surface area contributed by atoms with Gasteiger partial charge < -0.3 is 0 Å². The number of aromatic nitrogens is 1. The molecule has 1 aromatic heterocycles. The van der Waals surface area contributed by atoms with Crippen LogP contribution in [0, 0.1) is 27.3 Å². The third-order valence-corrected chi connectivity index (χ3v) is 5.50. The molecule has 0 aliphatic heterocycles. The number of benzene rings is 3. The highest BCUT2D eigenvalue weighted by atomic mass is 14.9. The number of aryl methyl sites for hydroxylation is 4. The van der Waals surface area contributed by atoms with E-state index in [4.69, 9.17) is 6.57 Å². The third kappa shape index (κ3) is 2.96. The Morgan fingerprint density at radius 1 is 0.821 bits per heavy atom. The summed E-state index contributed by atoms with van der Waals surface area (Å²) in [5, 5.41) is 2.26. The Labute approximate surface area is 166 Å². The first kappa shape index (κ1) is 17.9. The molecule has 0 aliphatic rings. The van der Waals surface area contributed by atoms with Gasteiger partial charge in [-0.1, -0.05) is 42.5 Å². The number of fused-ring (bicyclic) bond motifs is 1. The zero-order valence-electron chi connectivity index (χ0n) is 16.7. The minimum absolute atomic E-state index is 0.675. The average Bonchev–Trinajstić information content (AvgIpc) is 2.68. The van der Waals surface area contributed by atoms with Gasteiger partial charge in [0.1, 0.15) is 7.05 Å². The molecule has 3 aromatic carbocycles. The van der Waals surface area contributed by atoms with Crippen molar-refractivity contribution in [2.75, 3.05) is 0 Å². The molecule has 136 valence electrons. The molecule has 0 saturated carbocycles. The lowest BCUT2D eigenvalue weighted by Gasteiger charge is -2.13. The maximum atomic E-state index is 7.27. The summed E-state index contributed by atoms with van der Waals surface area (Å²) in [6.45, 7) is 13.8. The molecule has 28 heavy (non-hydrogen) atoms. The lowest BCUT2D eigenvalue weighted by molar-refractivity contribution is -0.659. The maximum absolute atomic E-state index is 7.27. The van der Waals surface area contributed by atoms with Gasteiger partial charge in [-0.3, -0.25) is 0 Å². The Balaban J connectivity index is 1.92. The Kier molecular flexibility index (Phi) is 4.45. The zero-order chi connectivity index (χ0) is 19.8. The summed E-state index contributed by atoms with van der Waals surface area (Å²) < 4.78 is 2.17. The van der Waals surface area contributed by atoms with Crippen LogP contribution in [0.1, 0.15) is 16.7 Å². The quantitative estimate of drug-likeness (QED) is 0.285. The van der Waals surface area contributed by atoms with Gasteiger partial charge in [-0.15, -0.1) is 0 Å². The van der Waals surface area contributed by atoms with E-state index in [1.54, 1.807) is 0 Å². The molecule has 0 amide bonds. The highest BCUT2D eigenvalue weighted by Crippen LogP contribution is 2.34. The molecule has 4 rings (SSSR count). The van der Waals surface area contributed by atoms with Crippen molar-refractivity contribution in [3.8, 4) is 22.4 Å². The van der Waals surface area contributed by atoms with E-state index in [2.05, 4.69) is 92.0 Å². The van der Waals surface area contributed by atoms with Crippen LogP contribution in [0.15, 0.2) is 66.9 Å². The van der Waals surface area contributed by atoms with Gasteiger partial charge in [0.2, 0.25) is 5.69 Å². The van der Waals surface area contributed by atoms with Crippen molar-refractivity contribution >= 4 is 16.5 Å². The molecule has 0 saturated heterocycles. The van der Waals surface area contributed by atoms with Gasteiger partial charge in [-0.05, 0) is 66.1 Å². The first-order valence-corrected chi connectivity index (χ1v) is 9.47. The molecule has 0 atom stereocenters. The second-order valence-corrected chi connectivity index (χ2v) is 7.46. The van der Waals surface area contributed by atoms with Crippen LogP contribution in [0.25, 0.3) is 38.0 Å². The summed E-state index contributed by atoms with van der Waals surface area (Å²) in [7, 11) is 2.08. The van der Waals surface area contributed by atoms with Gasteiger partial charge >= 0.3 is 0 Å². The van der Waals surface area contributed by atoms with Gasteiger partial charge in [0.25, 0.3) is 0 Å². The van der Waals surface area contributed by atoms with Crippen LogP contribution >= 0.6 is 0 Å². The van der Waals surface area contributed by atoms with Crippen LogP contribution in [0.5, 0.6) is 0 Å². The van der Waals surface area contributed by atoms with E-state index in [1.165, 1.54) is 44.5 Å². The highest BCUT2D eigenvalue weighted by Gasteiger charge is 2.18. The molecule has 0 bridgehead atoms. The molecule has 0 unspecified atom stereocenters. The molecular weight excluding hydrogens is 340 g/mol. The molecular formula is C26H23N2+. The van der Waals surface area contributed by atoms with Gasteiger partial charge in [0, 0.05) is 11.6 Å². The van der Waals surface area contributed by atoms with Crippen molar-refractivity contribution in [2.24, 2.45) is 7.05 Å². The third-order valence-electron chi connectivity index (χ3n) is 5.50. The van der Waals surface area contributed by atoms with E-state index in [0.29, 0.717) is 5.69 Å². The van der Waals surface area contributed by atoms with Gasteiger partial charge in [0.15, 0.2) is 11.9 Å². The summed E-state index contributed by atoms with van der Waals surface area (Å²) in [5.74, 6) is 0. The molecule has 0 N–H and O–H groups in total. The smallest absolute Gasteiger partial charge is 0.220 e. The van der Waals surface area contributed by atoms with E-state index in [-0.39, 0.29) is 0 Å². The van der Waals surface area contributed by atoms with Gasteiger partial charge in [-0.2, -0.15) is 0 Å². The van der Waals surface area contributed by atoms with Crippen LogP contribution in [-0.2, 0) is 7.05 Å². The standard InChI is InChI=1S/C26H23N2/c1-17-7-6-8-18(2)25(17)21-9-11-23(19(3)15-21)26-24-12-10-22(27-4)16-20(24)13-14-28(26)5/h6-16H,1-3,5H3/q+1. The minimum Gasteiger partial charge on any atom is -0.238 e.